The lowest BCUT2D eigenvalue weighted by molar-refractivity contribution is 0.472. The molecule has 0 bridgehead atoms. The molecule has 4 nitrogen and oxygen atoms in total. The van der Waals surface area contributed by atoms with E-state index in [1.54, 1.807) is 0 Å². The van der Waals surface area contributed by atoms with Crippen LogP contribution in [0, 0.1) is 0 Å². The van der Waals surface area contributed by atoms with Crippen LogP contribution in [0.15, 0.2) is 0 Å². The Morgan fingerprint density at radius 2 is 2.15 bits per heavy atom. The zero-order valence-corrected chi connectivity index (χ0v) is 9.40. The Balaban J connectivity index is 0.00000144. The van der Waals surface area contributed by atoms with E-state index in [0.717, 1.165) is 6.42 Å². The summed E-state index contributed by atoms with van der Waals surface area (Å²) in [6.45, 7) is 2.97. The lowest BCUT2D eigenvalue weighted by Crippen LogP contribution is -2.33. The first-order valence-corrected chi connectivity index (χ1v) is 5.90. The Kier molecular flexibility index (Phi) is 5.21. The third-order valence-electron chi connectivity index (χ3n) is 2.04. The lowest BCUT2D eigenvalue weighted by Gasteiger charge is -2.14. The van der Waals surface area contributed by atoms with Crippen molar-refractivity contribution < 1.29 is 8.42 Å². The normalized spacial score (nSPS) is 24.3. The fourth-order valence-corrected chi connectivity index (χ4v) is 2.97. The zero-order chi connectivity index (χ0) is 9.19. The second-order valence-corrected chi connectivity index (χ2v) is 5.31. The van der Waals surface area contributed by atoms with Gasteiger partial charge in [-0.1, -0.05) is 6.92 Å². The van der Waals surface area contributed by atoms with E-state index < -0.39 is 10.0 Å². The number of sulfonamides is 1. The van der Waals surface area contributed by atoms with Gasteiger partial charge in [0.15, 0.2) is 0 Å². The second kappa shape index (κ2) is 5.14. The van der Waals surface area contributed by atoms with Crippen LogP contribution in [0.2, 0.25) is 0 Å². The minimum Gasteiger partial charge on any atom is -0.326 e. The summed E-state index contributed by atoms with van der Waals surface area (Å²) in [6.07, 6.45) is 1.47. The molecular weight excluding hydrogens is 212 g/mol. The molecular formula is C7H17ClN2O2S. The average Bonchev–Trinajstić information content (AvgIpc) is 2.36. The minimum atomic E-state index is -2.99. The van der Waals surface area contributed by atoms with Gasteiger partial charge in [-0.15, -0.1) is 12.4 Å². The molecule has 13 heavy (non-hydrogen) atoms. The van der Waals surface area contributed by atoms with Crippen LogP contribution in [0.3, 0.4) is 0 Å². The standard InChI is InChI=1S/C7H16N2O2S.ClH/c1-2-5-12(10,11)9-4-3-7(8)6-9;/h7H,2-6,8H2,1H3;1H. The van der Waals surface area contributed by atoms with Crippen molar-refractivity contribution >= 4 is 22.4 Å². The molecule has 1 rings (SSSR count). The van der Waals surface area contributed by atoms with Gasteiger partial charge < -0.3 is 5.73 Å². The maximum atomic E-state index is 11.4. The van der Waals surface area contributed by atoms with E-state index in [0.29, 0.717) is 19.5 Å². The van der Waals surface area contributed by atoms with Crippen molar-refractivity contribution in [3.05, 3.63) is 0 Å². The molecule has 1 fully saturated rings. The van der Waals surface area contributed by atoms with Crippen molar-refractivity contribution in [1.29, 1.82) is 0 Å². The van der Waals surface area contributed by atoms with Crippen molar-refractivity contribution in [3.63, 3.8) is 0 Å². The van der Waals surface area contributed by atoms with Crippen molar-refractivity contribution in [2.45, 2.75) is 25.8 Å². The SMILES string of the molecule is CCCS(=O)(=O)N1CCC(N)C1.Cl. The first-order valence-electron chi connectivity index (χ1n) is 4.29. The van der Waals surface area contributed by atoms with Crippen molar-refractivity contribution in [3.8, 4) is 0 Å². The van der Waals surface area contributed by atoms with E-state index in [1.807, 2.05) is 6.92 Å². The van der Waals surface area contributed by atoms with Gasteiger partial charge >= 0.3 is 0 Å². The molecule has 0 saturated carbocycles. The third-order valence-corrected chi connectivity index (χ3v) is 4.09. The molecule has 6 heteroatoms. The molecule has 2 N–H and O–H groups in total. The molecule has 0 aliphatic carbocycles. The van der Waals surface area contributed by atoms with Crippen molar-refractivity contribution in [2.75, 3.05) is 18.8 Å². The van der Waals surface area contributed by atoms with Gasteiger partial charge in [0.2, 0.25) is 10.0 Å². The lowest BCUT2D eigenvalue weighted by atomic mass is 10.3. The minimum absolute atomic E-state index is 0. The summed E-state index contributed by atoms with van der Waals surface area (Å²) >= 11 is 0. The Labute approximate surface area is 85.9 Å². The maximum Gasteiger partial charge on any atom is 0.214 e. The topological polar surface area (TPSA) is 63.4 Å². The first-order chi connectivity index (χ1) is 5.56. The van der Waals surface area contributed by atoms with Crippen LogP contribution in [-0.4, -0.2) is 37.6 Å². The molecule has 0 spiro atoms. The van der Waals surface area contributed by atoms with Crippen molar-refractivity contribution in [1.82, 2.24) is 4.31 Å². The number of hydrogen-bond acceptors (Lipinski definition) is 3. The smallest absolute Gasteiger partial charge is 0.214 e. The van der Waals surface area contributed by atoms with Gasteiger partial charge in [-0.05, 0) is 12.8 Å². The highest BCUT2D eigenvalue weighted by atomic mass is 35.5. The summed E-state index contributed by atoms with van der Waals surface area (Å²) in [4.78, 5) is 0. The highest BCUT2D eigenvalue weighted by Gasteiger charge is 2.28. The summed E-state index contributed by atoms with van der Waals surface area (Å²) in [7, 11) is -2.99. The molecule has 0 aromatic carbocycles. The number of rotatable bonds is 3. The molecule has 1 heterocycles. The fourth-order valence-electron chi connectivity index (χ4n) is 1.39. The van der Waals surface area contributed by atoms with E-state index in [-0.39, 0.29) is 24.2 Å². The summed E-state index contributed by atoms with van der Waals surface area (Å²) in [5.41, 5.74) is 5.61. The average molecular weight is 229 g/mol. The summed E-state index contributed by atoms with van der Waals surface area (Å²) in [5.74, 6) is 0.250. The van der Waals surface area contributed by atoms with E-state index in [4.69, 9.17) is 5.73 Å². The van der Waals surface area contributed by atoms with E-state index >= 15 is 0 Å². The molecule has 0 amide bonds. The Morgan fingerprint density at radius 3 is 2.54 bits per heavy atom. The van der Waals surface area contributed by atoms with E-state index in [2.05, 4.69) is 0 Å². The number of nitrogens with two attached hydrogens (primary N) is 1. The Hall–Kier alpha value is 0.160. The molecule has 0 radical (unpaired) electrons. The van der Waals surface area contributed by atoms with Crippen LogP contribution < -0.4 is 5.73 Å². The highest BCUT2D eigenvalue weighted by Crippen LogP contribution is 2.12. The van der Waals surface area contributed by atoms with Crippen LogP contribution >= 0.6 is 12.4 Å². The largest absolute Gasteiger partial charge is 0.326 e. The number of halogens is 1. The molecule has 1 saturated heterocycles. The molecule has 1 unspecified atom stereocenters. The highest BCUT2D eigenvalue weighted by molar-refractivity contribution is 7.89. The van der Waals surface area contributed by atoms with Crippen LogP contribution in [0.5, 0.6) is 0 Å². The van der Waals surface area contributed by atoms with Gasteiger partial charge in [-0.3, -0.25) is 0 Å². The van der Waals surface area contributed by atoms with Gasteiger partial charge in [0.05, 0.1) is 5.75 Å². The maximum absolute atomic E-state index is 11.4. The fraction of sp³-hybridized carbons (Fsp3) is 1.00. The molecule has 1 atom stereocenters. The van der Waals surface area contributed by atoms with Gasteiger partial charge in [-0.25, -0.2) is 12.7 Å². The van der Waals surface area contributed by atoms with Crippen LogP contribution in [-0.2, 0) is 10.0 Å². The summed E-state index contributed by atoms with van der Waals surface area (Å²) in [5, 5.41) is 0. The monoisotopic (exact) mass is 228 g/mol. The molecule has 0 aromatic heterocycles. The summed E-state index contributed by atoms with van der Waals surface area (Å²) < 4.78 is 24.4. The predicted molar refractivity (Wildman–Crippen MR) is 55.5 cm³/mol. The summed E-state index contributed by atoms with van der Waals surface area (Å²) in [6, 6.07) is 0.0385. The quantitative estimate of drug-likeness (QED) is 0.750. The third kappa shape index (κ3) is 3.42. The van der Waals surface area contributed by atoms with Gasteiger partial charge in [0.1, 0.15) is 0 Å². The zero-order valence-electron chi connectivity index (χ0n) is 7.77. The van der Waals surface area contributed by atoms with Crippen molar-refractivity contribution in [2.24, 2.45) is 5.73 Å². The van der Waals surface area contributed by atoms with E-state index in [1.165, 1.54) is 4.31 Å². The number of hydrogen-bond donors (Lipinski definition) is 1. The second-order valence-electron chi connectivity index (χ2n) is 3.22. The van der Waals surface area contributed by atoms with Gasteiger partial charge in [-0.2, -0.15) is 0 Å². The van der Waals surface area contributed by atoms with Gasteiger partial charge in [0.25, 0.3) is 0 Å². The molecule has 1 aliphatic heterocycles. The molecule has 1 aliphatic rings. The van der Waals surface area contributed by atoms with Crippen LogP contribution in [0.4, 0.5) is 0 Å². The Bertz CT molecular complexity index is 243. The van der Waals surface area contributed by atoms with Gasteiger partial charge in [0, 0.05) is 19.1 Å². The molecule has 80 valence electrons. The predicted octanol–water partition coefficient (Wildman–Crippen LogP) is 0.181. The molecule has 0 aromatic rings. The number of nitrogens with zero attached hydrogens (tertiary/aromatic N) is 1. The Morgan fingerprint density at radius 1 is 1.54 bits per heavy atom. The van der Waals surface area contributed by atoms with E-state index in [9.17, 15) is 8.42 Å². The first kappa shape index (κ1) is 13.2. The van der Waals surface area contributed by atoms with Crippen LogP contribution in [0.1, 0.15) is 19.8 Å². The van der Waals surface area contributed by atoms with Crippen LogP contribution in [0.25, 0.3) is 0 Å².